The molecule has 9 heteroatoms. The molecule has 1 amide bonds. The molecular formula is C20H19N3O6. The van der Waals surface area contributed by atoms with Crippen molar-refractivity contribution in [1.29, 1.82) is 0 Å². The number of H-pyrrole nitrogens is 1. The summed E-state index contributed by atoms with van der Waals surface area (Å²) >= 11 is 0. The van der Waals surface area contributed by atoms with E-state index in [1.54, 1.807) is 30.3 Å². The van der Waals surface area contributed by atoms with Crippen molar-refractivity contribution in [2.45, 2.75) is 0 Å². The number of aromatic amines is 1. The molecule has 0 aliphatic heterocycles. The van der Waals surface area contributed by atoms with Gasteiger partial charge in [-0.1, -0.05) is 12.1 Å². The van der Waals surface area contributed by atoms with Gasteiger partial charge in [0.1, 0.15) is 11.3 Å². The Morgan fingerprint density at radius 2 is 1.62 bits per heavy atom. The highest BCUT2D eigenvalue weighted by Gasteiger charge is 2.18. The number of anilines is 1. The maximum absolute atomic E-state index is 12.9. The monoisotopic (exact) mass is 397 g/mol. The van der Waals surface area contributed by atoms with Gasteiger partial charge in [0.15, 0.2) is 11.5 Å². The number of rotatable bonds is 6. The van der Waals surface area contributed by atoms with Crippen molar-refractivity contribution in [2.24, 2.45) is 0 Å². The second kappa shape index (κ2) is 8.34. The molecular weight excluding hydrogens is 378 g/mol. The molecule has 3 aromatic rings. The minimum Gasteiger partial charge on any atom is -0.495 e. The van der Waals surface area contributed by atoms with Crippen LogP contribution in [-0.4, -0.2) is 36.8 Å². The number of benzene rings is 2. The van der Waals surface area contributed by atoms with Crippen molar-refractivity contribution in [3.63, 3.8) is 0 Å². The van der Waals surface area contributed by atoms with E-state index in [1.165, 1.54) is 33.5 Å². The number of ether oxygens (including phenoxy) is 3. The van der Waals surface area contributed by atoms with Gasteiger partial charge in [-0.2, -0.15) is 0 Å². The molecule has 3 rings (SSSR count). The fraction of sp³-hybridized carbons (Fsp3) is 0.150. The van der Waals surface area contributed by atoms with Gasteiger partial charge in [-0.25, -0.2) is 9.36 Å². The van der Waals surface area contributed by atoms with Crippen molar-refractivity contribution in [2.75, 3.05) is 26.6 Å². The van der Waals surface area contributed by atoms with Gasteiger partial charge in [-0.05, 0) is 24.3 Å². The fourth-order valence-electron chi connectivity index (χ4n) is 2.77. The number of methoxy groups -OCH3 is 3. The largest absolute Gasteiger partial charge is 0.495 e. The van der Waals surface area contributed by atoms with Crippen molar-refractivity contribution in [1.82, 2.24) is 9.55 Å². The van der Waals surface area contributed by atoms with Crippen LogP contribution >= 0.6 is 0 Å². The number of hydrogen-bond acceptors (Lipinski definition) is 6. The minimum absolute atomic E-state index is 0.223. The molecule has 2 aromatic carbocycles. The summed E-state index contributed by atoms with van der Waals surface area (Å²) in [6, 6.07) is 11.3. The molecule has 0 atom stereocenters. The maximum atomic E-state index is 12.9. The molecule has 0 saturated carbocycles. The molecule has 29 heavy (non-hydrogen) atoms. The number of nitrogens with zero attached hydrogens (tertiary/aromatic N) is 1. The van der Waals surface area contributed by atoms with E-state index in [1.807, 2.05) is 0 Å². The molecule has 0 saturated heterocycles. The lowest BCUT2D eigenvalue weighted by molar-refractivity contribution is 0.102. The van der Waals surface area contributed by atoms with Crippen LogP contribution in [0.1, 0.15) is 10.4 Å². The molecule has 0 bridgehead atoms. The summed E-state index contributed by atoms with van der Waals surface area (Å²) in [7, 11) is 4.38. The number of amides is 1. The maximum Gasteiger partial charge on any atom is 0.333 e. The normalized spacial score (nSPS) is 10.3. The number of aromatic nitrogens is 2. The molecule has 1 aromatic heterocycles. The molecule has 0 aliphatic rings. The van der Waals surface area contributed by atoms with E-state index < -0.39 is 17.2 Å². The highest BCUT2D eigenvalue weighted by molar-refractivity contribution is 6.04. The molecule has 0 fully saturated rings. The number of hydrogen-bond donors (Lipinski definition) is 2. The summed E-state index contributed by atoms with van der Waals surface area (Å²) in [5, 5.41) is 2.61. The lowest BCUT2D eigenvalue weighted by atomic mass is 10.2. The highest BCUT2D eigenvalue weighted by atomic mass is 16.5. The standard InChI is InChI=1S/C20H19N3O6/c1-27-15-7-5-4-6-14(15)22-18(24)13-11-21-20(26)23(19(13)25)12-8-9-16(28-2)17(10-12)29-3/h4-11H,1-3H3,(H,21,26)(H,22,24). The van der Waals surface area contributed by atoms with Crippen LogP contribution in [0.3, 0.4) is 0 Å². The van der Waals surface area contributed by atoms with Gasteiger partial charge < -0.3 is 24.5 Å². The van der Waals surface area contributed by atoms with Crippen LogP contribution in [-0.2, 0) is 0 Å². The molecule has 2 N–H and O–H groups in total. The number of nitrogens with one attached hydrogen (secondary N) is 2. The van der Waals surface area contributed by atoms with Crippen molar-refractivity contribution >= 4 is 11.6 Å². The third kappa shape index (κ3) is 3.84. The van der Waals surface area contributed by atoms with E-state index >= 15 is 0 Å². The highest BCUT2D eigenvalue weighted by Crippen LogP contribution is 2.28. The zero-order valence-corrected chi connectivity index (χ0v) is 16.0. The van der Waals surface area contributed by atoms with Gasteiger partial charge in [0.2, 0.25) is 0 Å². The second-order valence-corrected chi connectivity index (χ2v) is 5.84. The molecule has 1 heterocycles. The summed E-state index contributed by atoms with van der Waals surface area (Å²) in [5.74, 6) is 0.515. The Kier molecular flexibility index (Phi) is 5.68. The first-order valence-electron chi connectivity index (χ1n) is 8.51. The molecule has 0 radical (unpaired) electrons. The van der Waals surface area contributed by atoms with Gasteiger partial charge >= 0.3 is 5.69 Å². The van der Waals surface area contributed by atoms with Crippen LogP contribution in [0.2, 0.25) is 0 Å². The third-order valence-electron chi connectivity index (χ3n) is 4.20. The molecule has 150 valence electrons. The van der Waals surface area contributed by atoms with E-state index in [0.29, 0.717) is 22.9 Å². The Hall–Kier alpha value is -4.01. The van der Waals surface area contributed by atoms with Crippen molar-refractivity contribution in [3.8, 4) is 22.9 Å². The Labute approximate surface area is 165 Å². The van der Waals surface area contributed by atoms with Crippen LogP contribution in [0.4, 0.5) is 5.69 Å². The van der Waals surface area contributed by atoms with E-state index in [2.05, 4.69) is 10.3 Å². The summed E-state index contributed by atoms with van der Waals surface area (Å²) in [6.45, 7) is 0. The van der Waals surface area contributed by atoms with Gasteiger partial charge in [-0.15, -0.1) is 0 Å². The quantitative estimate of drug-likeness (QED) is 0.656. The molecule has 0 unspecified atom stereocenters. The van der Waals surface area contributed by atoms with E-state index in [4.69, 9.17) is 14.2 Å². The summed E-state index contributed by atoms with van der Waals surface area (Å²) in [4.78, 5) is 40.3. The van der Waals surface area contributed by atoms with Crippen LogP contribution in [0, 0.1) is 0 Å². The van der Waals surface area contributed by atoms with Crippen LogP contribution < -0.4 is 30.8 Å². The number of para-hydroxylation sites is 2. The minimum atomic E-state index is -0.784. The Morgan fingerprint density at radius 3 is 2.31 bits per heavy atom. The van der Waals surface area contributed by atoms with Crippen molar-refractivity contribution in [3.05, 3.63) is 75.1 Å². The summed E-state index contributed by atoms with van der Waals surface area (Å²) < 4.78 is 16.4. The Balaban J connectivity index is 2.05. The van der Waals surface area contributed by atoms with Gasteiger partial charge in [-0.3, -0.25) is 9.59 Å². The SMILES string of the molecule is COc1ccccc1NC(=O)c1c[nH]c(=O)n(-c2ccc(OC)c(OC)c2)c1=O. The van der Waals surface area contributed by atoms with E-state index in [9.17, 15) is 14.4 Å². The topological polar surface area (TPSA) is 112 Å². The Morgan fingerprint density at radius 1 is 0.931 bits per heavy atom. The smallest absolute Gasteiger partial charge is 0.333 e. The second-order valence-electron chi connectivity index (χ2n) is 5.84. The van der Waals surface area contributed by atoms with Crippen LogP contribution in [0.25, 0.3) is 5.69 Å². The fourth-order valence-corrected chi connectivity index (χ4v) is 2.77. The predicted molar refractivity (Wildman–Crippen MR) is 107 cm³/mol. The number of carbonyl (C=O) groups is 1. The van der Waals surface area contributed by atoms with E-state index in [0.717, 1.165) is 10.8 Å². The zero-order chi connectivity index (χ0) is 21.0. The molecule has 9 nitrogen and oxygen atoms in total. The predicted octanol–water partition coefficient (Wildman–Crippen LogP) is 1.80. The lowest BCUT2D eigenvalue weighted by Gasteiger charge is -2.12. The zero-order valence-electron chi connectivity index (χ0n) is 16.0. The lowest BCUT2D eigenvalue weighted by Crippen LogP contribution is -2.38. The van der Waals surface area contributed by atoms with Crippen LogP contribution in [0.5, 0.6) is 17.2 Å². The van der Waals surface area contributed by atoms with Gasteiger partial charge in [0, 0.05) is 12.3 Å². The molecule has 0 spiro atoms. The summed E-state index contributed by atoms with van der Waals surface area (Å²) in [6.07, 6.45) is 1.08. The number of carbonyl (C=O) groups excluding carboxylic acids is 1. The average molecular weight is 397 g/mol. The Bertz CT molecular complexity index is 1170. The first kappa shape index (κ1) is 19.7. The van der Waals surface area contributed by atoms with Gasteiger partial charge in [0.25, 0.3) is 11.5 Å². The molecule has 0 aliphatic carbocycles. The first-order chi connectivity index (χ1) is 14.0. The average Bonchev–Trinajstić information content (AvgIpc) is 2.73. The van der Waals surface area contributed by atoms with E-state index in [-0.39, 0.29) is 11.3 Å². The first-order valence-corrected chi connectivity index (χ1v) is 8.51. The summed E-state index contributed by atoms with van der Waals surface area (Å²) in [5.41, 5.74) is -1.11. The van der Waals surface area contributed by atoms with Crippen molar-refractivity contribution < 1.29 is 19.0 Å². The van der Waals surface area contributed by atoms with Gasteiger partial charge in [0.05, 0.1) is 32.7 Å². The third-order valence-corrected chi connectivity index (χ3v) is 4.20. The van der Waals surface area contributed by atoms with Crippen LogP contribution in [0.15, 0.2) is 58.3 Å².